The Morgan fingerprint density at radius 2 is 1.84 bits per heavy atom. The fraction of sp³-hybridized carbons (Fsp3) is 0.440. The van der Waals surface area contributed by atoms with Crippen LogP contribution in [0.3, 0.4) is 0 Å². The lowest BCUT2D eigenvalue weighted by Gasteiger charge is -2.40. The molecule has 1 saturated heterocycles. The topological polar surface area (TPSA) is 71.9 Å². The Balaban J connectivity index is 0.00000144. The van der Waals surface area contributed by atoms with E-state index in [2.05, 4.69) is 23.1 Å². The molecule has 0 spiro atoms. The highest BCUT2D eigenvalue weighted by atomic mass is 35.5. The zero-order chi connectivity index (χ0) is 20.7. The van der Waals surface area contributed by atoms with Gasteiger partial charge in [0.15, 0.2) is 0 Å². The lowest BCUT2D eigenvalue weighted by atomic mass is 9.83. The predicted octanol–water partition coefficient (Wildman–Crippen LogP) is 5.14. The number of rotatable bonds is 4. The van der Waals surface area contributed by atoms with Crippen LogP contribution in [0.2, 0.25) is 0 Å². The van der Waals surface area contributed by atoms with Crippen LogP contribution in [-0.2, 0) is 17.7 Å². The number of ether oxygens (including phenoxy) is 1. The number of aromatic hydroxyl groups is 1. The number of phenolic OH excluding ortho intramolecular Hbond substituents is 1. The van der Waals surface area contributed by atoms with Gasteiger partial charge in [0.05, 0.1) is 18.8 Å². The highest BCUT2D eigenvalue weighted by Crippen LogP contribution is 2.40. The summed E-state index contributed by atoms with van der Waals surface area (Å²) in [6.45, 7) is 5.30. The van der Waals surface area contributed by atoms with Crippen molar-refractivity contribution in [1.29, 1.82) is 0 Å². The van der Waals surface area contributed by atoms with E-state index in [4.69, 9.17) is 14.9 Å². The SMILES string of the molecule is Cc1ccc2c(c1O)C[C@@H](C1CCN(Cc3cc4ccccc4o3)CC1)O[C@H]2CN.Cl.Cl. The van der Waals surface area contributed by atoms with Crippen molar-refractivity contribution < 1.29 is 14.3 Å². The number of furan rings is 1. The molecule has 3 aromatic rings. The van der Waals surface area contributed by atoms with Gasteiger partial charge in [-0.05, 0) is 62.0 Å². The Morgan fingerprint density at radius 1 is 1.09 bits per heavy atom. The monoisotopic (exact) mass is 478 g/mol. The fourth-order valence-corrected chi connectivity index (χ4v) is 5.10. The smallest absolute Gasteiger partial charge is 0.134 e. The molecule has 7 heteroatoms. The summed E-state index contributed by atoms with van der Waals surface area (Å²) in [7, 11) is 0. The average Bonchev–Trinajstić information content (AvgIpc) is 3.18. The molecular formula is C25H32Cl2N2O3. The molecule has 0 radical (unpaired) electrons. The van der Waals surface area contributed by atoms with Gasteiger partial charge in [0.2, 0.25) is 0 Å². The molecule has 2 aliphatic rings. The van der Waals surface area contributed by atoms with E-state index in [1.807, 2.05) is 31.2 Å². The molecule has 0 aliphatic carbocycles. The second-order valence-corrected chi connectivity index (χ2v) is 8.77. The van der Waals surface area contributed by atoms with E-state index in [0.717, 1.165) is 66.9 Å². The lowest BCUT2D eigenvalue weighted by Crippen LogP contribution is -2.41. The van der Waals surface area contributed by atoms with Crippen molar-refractivity contribution in [1.82, 2.24) is 4.90 Å². The van der Waals surface area contributed by atoms with Crippen LogP contribution < -0.4 is 5.73 Å². The number of likely N-dealkylation sites (tertiary alicyclic amines) is 1. The number of halogens is 2. The van der Waals surface area contributed by atoms with E-state index in [9.17, 15) is 5.11 Å². The van der Waals surface area contributed by atoms with Crippen molar-refractivity contribution in [3.05, 3.63) is 64.9 Å². The number of benzene rings is 2. The third kappa shape index (κ3) is 4.78. The number of hydrogen-bond donors (Lipinski definition) is 2. The molecular weight excluding hydrogens is 447 g/mol. The Morgan fingerprint density at radius 3 is 2.56 bits per heavy atom. The molecule has 174 valence electrons. The van der Waals surface area contributed by atoms with Gasteiger partial charge in [-0.25, -0.2) is 0 Å². The molecule has 32 heavy (non-hydrogen) atoms. The van der Waals surface area contributed by atoms with Gasteiger partial charge in [0.1, 0.15) is 17.1 Å². The summed E-state index contributed by atoms with van der Waals surface area (Å²) in [5.41, 5.74) is 9.98. The van der Waals surface area contributed by atoms with E-state index in [1.165, 1.54) is 5.39 Å². The summed E-state index contributed by atoms with van der Waals surface area (Å²) < 4.78 is 12.4. The van der Waals surface area contributed by atoms with Crippen LogP contribution in [0.15, 0.2) is 46.9 Å². The van der Waals surface area contributed by atoms with E-state index in [-0.39, 0.29) is 37.0 Å². The largest absolute Gasteiger partial charge is 0.507 e. The van der Waals surface area contributed by atoms with Crippen LogP contribution in [0.4, 0.5) is 0 Å². The van der Waals surface area contributed by atoms with Gasteiger partial charge < -0.3 is 20.0 Å². The van der Waals surface area contributed by atoms with Gasteiger partial charge in [0.25, 0.3) is 0 Å². The van der Waals surface area contributed by atoms with E-state index in [1.54, 1.807) is 0 Å². The van der Waals surface area contributed by atoms with Crippen molar-refractivity contribution in [2.45, 2.75) is 44.9 Å². The zero-order valence-corrected chi connectivity index (χ0v) is 20.0. The van der Waals surface area contributed by atoms with Crippen LogP contribution in [0.25, 0.3) is 11.0 Å². The van der Waals surface area contributed by atoms with Gasteiger partial charge >= 0.3 is 0 Å². The molecule has 3 heterocycles. The first kappa shape index (κ1) is 24.9. The van der Waals surface area contributed by atoms with Crippen molar-refractivity contribution in [2.24, 2.45) is 11.7 Å². The van der Waals surface area contributed by atoms with Crippen LogP contribution in [-0.4, -0.2) is 35.7 Å². The first-order valence-corrected chi connectivity index (χ1v) is 11.0. The fourth-order valence-electron chi connectivity index (χ4n) is 5.10. The minimum absolute atomic E-state index is 0. The van der Waals surface area contributed by atoms with Crippen LogP contribution in [0.5, 0.6) is 5.75 Å². The van der Waals surface area contributed by atoms with Gasteiger partial charge in [-0.2, -0.15) is 0 Å². The maximum absolute atomic E-state index is 10.6. The van der Waals surface area contributed by atoms with Crippen molar-refractivity contribution in [3.8, 4) is 5.75 Å². The molecule has 0 amide bonds. The first-order chi connectivity index (χ1) is 14.6. The molecule has 1 aromatic heterocycles. The third-order valence-corrected chi connectivity index (χ3v) is 6.84. The van der Waals surface area contributed by atoms with Gasteiger partial charge in [0, 0.05) is 23.9 Å². The Kier molecular flexibility index (Phi) is 8.12. The second-order valence-electron chi connectivity index (χ2n) is 8.77. The molecule has 2 aromatic carbocycles. The number of piperidine rings is 1. The third-order valence-electron chi connectivity index (χ3n) is 6.84. The van der Waals surface area contributed by atoms with Gasteiger partial charge in [-0.15, -0.1) is 24.8 Å². The van der Waals surface area contributed by atoms with E-state index >= 15 is 0 Å². The van der Waals surface area contributed by atoms with Crippen LogP contribution >= 0.6 is 24.8 Å². The number of hydrogen-bond acceptors (Lipinski definition) is 5. The van der Waals surface area contributed by atoms with Gasteiger partial charge in [-0.3, -0.25) is 4.90 Å². The van der Waals surface area contributed by atoms with Crippen LogP contribution in [0.1, 0.15) is 41.4 Å². The molecule has 1 fully saturated rings. The van der Waals surface area contributed by atoms with E-state index in [0.29, 0.717) is 18.2 Å². The molecule has 0 bridgehead atoms. The number of phenols is 1. The number of fused-ring (bicyclic) bond motifs is 2. The quantitative estimate of drug-likeness (QED) is 0.542. The maximum Gasteiger partial charge on any atom is 0.134 e. The standard InChI is InChI=1S/C25H30N2O3.2ClH/c1-16-6-7-20-21(25(16)28)13-23(30-24(20)14-26)17-8-10-27(11-9-17)15-19-12-18-4-2-3-5-22(18)29-19;;/h2-7,12,17,23-24,28H,8-11,13-15,26H2,1H3;2*1H/t23-,24-;;/m0../s1. The zero-order valence-electron chi connectivity index (χ0n) is 18.3. The highest BCUT2D eigenvalue weighted by Gasteiger charge is 2.35. The average molecular weight is 479 g/mol. The van der Waals surface area contributed by atoms with E-state index < -0.39 is 0 Å². The molecule has 3 N–H and O–H groups in total. The summed E-state index contributed by atoms with van der Waals surface area (Å²) in [6, 6.07) is 14.3. The number of para-hydroxylation sites is 1. The Bertz CT molecular complexity index is 1010. The number of aryl methyl sites for hydroxylation is 1. The minimum Gasteiger partial charge on any atom is -0.507 e. The Labute approximate surface area is 201 Å². The summed E-state index contributed by atoms with van der Waals surface area (Å²) in [5.74, 6) is 1.93. The maximum atomic E-state index is 10.6. The minimum atomic E-state index is -0.126. The Hall–Kier alpha value is -1.76. The molecule has 5 rings (SSSR count). The summed E-state index contributed by atoms with van der Waals surface area (Å²) in [6.07, 6.45) is 2.94. The van der Waals surface area contributed by atoms with Crippen LogP contribution in [0, 0.1) is 12.8 Å². The molecule has 0 saturated carbocycles. The van der Waals surface area contributed by atoms with Crippen molar-refractivity contribution >= 4 is 35.8 Å². The summed E-state index contributed by atoms with van der Waals surface area (Å²) in [5, 5.41) is 11.8. The van der Waals surface area contributed by atoms with Gasteiger partial charge in [-0.1, -0.05) is 30.3 Å². The molecule has 2 atom stereocenters. The summed E-state index contributed by atoms with van der Waals surface area (Å²) in [4.78, 5) is 2.47. The number of nitrogens with zero attached hydrogens (tertiary/aromatic N) is 1. The molecule has 0 unspecified atom stereocenters. The normalized spacial score (nSPS) is 21.6. The van der Waals surface area contributed by atoms with Crippen molar-refractivity contribution in [3.63, 3.8) is 0 Å². The summed E-state index contributed by atoms with van der Waals surface area (Å²) >= 11 is 0. The number of nitrogens with two attached hydrogens (primary N) is 1. The lowest BCUT2D eigenvalue weighted by molar-refractivity contribution is -0.0653. The van der Waals surface area contributed by atoms with Crippen molar-refractivity contribution in [2.75, 3.05) is 19.6 Å². The molecule has 2 aliphatic heterocycles. The predicted molar refractivity (Wildman–Crippen MR) is 132 cm³/mol. The second kappa shape index (κ2) is 10.4. The molecule has 5 nitrogen and oxygen atoms in total. The first-order valence-electron chi connectivity index (χ1n) is 11.0. The highest BCUT2D eigenvalue weighted by molar-refractivity contribution is 5.85.